The highest BCUT2D eigenvalue weighted by atomic mass is 16.3. The Balaban J connectivity index is 1.69. The lowest BCUT2D eigenvalue weighted by molar-refractivity contribution is 0.0996. The average molecular weight is 376 g/mol. The fraction of sp³-hybridized carbons (Fsp3) is 0.320. The fourth-order valence-corrected chi connectivity index (χ4v) is 3.76. The Morgan fingerprint density at radius 2 is 1.89 bits per heavy atom. The summed E-state index contributed by atoms with van der Waals surface area (Å²) in [7, 11) is 0. The minimum Gasteiger partial charge on any atom is -0.452 e. The molecule has 3 heteroatoms. The van der Waals surface area contributed by atoms with Crippen molar-refractivity contribution in [1.82, 2.24) is 0 Å². The average Bonchev–Trinajstić information content (AvgIpc) is 3.10. The predicted octanol–water partition coefficient (Wildman–Crippen LogP) is 7.02. The van der Waals surface area contributed by atoms with Gasteiger partial charge in [-0.3, -0.25) is 4.79 Å². The highest BCUT2D eigenvalue weighted by molar-refractivity contribution is 6.02. The Kier molecular flexibility index (Phi) is 6.03. The maximum Gasteiger partial charge on any atom is 0.291 e. The molecular weight excluding hydrogens is 346 g/mol. The van der Waals surface area contributed by atoms with E-state index in [9.17, 15) is 4.79 Å². The van der Waals surface area contributed by atoms with Crippen molar-refractivity contribution in [2.24, 2.45) is 5.41 Å². The summed E-state index contributed by atoms with van der Waals surface area (Å²) < 4.78 is 5.71. The summed E-state index contributed by atoms with van der Waals surface area (Å²) in [6.45, 7) is 8.93. The number of amides is 1. The first kappa shape index (κ1) is 19.9. The van der Waals surface area contributed by atoms with Crippen LogP contribution in [0.3, 0.4) is 0 Å². The van der Waals surface area contributed by atoms with Crippen molar-refractivity contribution < 1.29 is 9.21 Å². The van der Waals surface area contributed by atoms with Gasteiger partial charge in [-0.25, -0.2) is 0 Å². The molecule has 0 saturated heterocycles. The van der Waals surface area contributed by atoms with Crippen LogP contribution in [0.4, 0.5) is 5.69 Å². The largest absolute Gasteiger partial charge is 0.452 e. The van der Waals surface area contributed by atoms with E-state index in [0.717, 1.165) is 11.3 Å². The van der Waals surface area contributed by atoms with E-state index in [1.807, 2.05) is 42.5 Å². The molecule has 3 rings (SSSR count). The minimum absolute atomic E-state index is 0.229. The van der Waals surface area contributed by atoms with Crippen molar-refractivity contribution in [2.45, 2.75) is 47.0 Å². The Bertz CT molecular complexity index is 926. The van der Waals surface area contributed by atoms with Gasteiger partial charge >= 0.3 is 0 Å². The van der Waals surface area contributed by atoms with Crippen LogP contribution in [0.25, 0.3) is 6.08 Å². The standard InChI is InChI=1S/C25H29NO2/c1-18(12-14-22-19(2)9-8-16-25(22,3)4)17-21-13-15-23(28-21)24(27)26-20-10-6-5-7-11-20/h5-7,10-15,17H,8-9,16H2,1-4H3,(H,26,27)/b14-12+,18-17+. The van der Waals surface area contributed by atoms with E-state index in [4.69, 9.17) is 4.42 Å². The molecule has 0 fully saturated rings. The second-order valence-electron chi connectivity index (χ2n) is 8.18. The lowest BCUT2D eigenvalue weighted by Crippen LogP contribution is -2.19. The maximum atomic E-state index is 12.3. The van der Waals surface area contributed by atoms with Crippen molar-refractivity contribution in [2.75, 3.05) is 5.32 Å². The molecule has 1 aliphatic carbocycles. The second-order valence-corrected chi connectivity index (χ2v) is 8.18. The summed E-state index contributed by atoms with van der Waals surface area (Å²) in [6, 6.07) is 12.9. The summed E-state index contributed by atoms with van der Waals surface area (Å²) in [5.74, 6) is 0.733. The van der Waals surface area contributed by atoms with Crippen molar-refractivity contribution in [1.29, 1.82) is 0 Å². The zero-order chi connectivity index (χ0) is 20.1. The SMILES string of the molecule is CC1=C(/C=C/C(C)=C/c2ccc(C(=O)Nc3ccccc3)o2)C(C)(C)CCC1. The quantitative estimate of drug-likeness (QED) is 0.571. The van der Waals surface area contributed by atoms with Crippen LogP contribution in [0.15, 0.2) is 75.8 Å². The van der Waals surface area contributed by atoms with Crippen LogP contribution in [0.2, 0.25) is 0 Å². The Morgan fingerprint density at radius 3 is 2.61 bits per heavy atom. The Morgan fingerprint density at radius 1 is 1.14 bits per heavy atom. The molecule has 2 aromatic rings. The van der Waals surface area contributed by atoms with Crippen LogP contribution < -0.4 is 5.32 Å². The molecule has 1 aliphatic rings. The van der Waals surface area contributed by atoms with E-state index in [0.29, 0.717) is 11.5 Å². The van der Waals surface area contributed by atoms with E-state index in [2.05, 4.69) is 45.2 Å². The number of carbonyl (C=O) groups is 1. The van der Waals surface area contributed by atoms with E-state index < -0.39 is 0 Å². The topological polar surface area (TPSA) is 42.2 Å². The number of furan rings is 1. The van der Waals surface area contributed by atoms with Crippen molar-refractivity contribution in [3.63, 3.8) is 0 Å². The smallest absolute Gasteiger partial charge is 0.291 e. The lowest BCUT2D eigenvalue weighted by atomic mass is 9.72. The van der Waals surface area contributed by atoms with Gasteiger partial charge in [0.05, 0.1) is 0 Å². The van der Waals surface area contributed by atoms with Crippen LogP contribution in [0.1, 0.15) is 63.3 Å². The Labute approximate surface area is 167 Å². The van der Waals surface area contributed by atoms with E-state index in [1.54, 1.807) is 6.07 Å². The number of hydrogen-bond acceptors (Lipinski definition) is 2. The van der Waals surface area contributed by atoms with Gasteiger partial charge in [0.1, 0.15) is 5.76 Å². The molecule has 0 radical (unpaired) electrons. The van der Waals surface area contributed by atoms with Gasteiger partial charge in [0.15, 0.2) is 5.76 Å². The normalized spacial score (nSPS) is 17.2. The van der Waals surface area contributed by atoms with Gasteiger partial charge in [0.2, 0.25) is 0 Å². The number of anilines is 1. The van der Waals surface area contributed by atoms with E-state index >= 15 is 0 Å². The van der Waals surface area contributed by atoms with Gasteiger partial charge in [-0.1, -0.05) is 49.8 Å². The fourth-order valence-electron chi connectivity index (χ4n) is 3.76. The van der Waals surface area contributed by atoms with Gasteiger partial charge in [0, 0.05) is 5.69 Å². The third-order valence-corrected chi connectivity index (χ3v) is 5.31. The van der Waals surface area contributed by atoms with Crippen LogP contribution in [0, 0.1) is 5.41 Å². The summed E-state index contributed by atoms with van der Waals surface area (Å²) in [5.41, 5.74) is 4.99. The number of hydrogen-bond donors (Lipinski definition) is 1. The summed E-state index contributed by atoms with van der Waals surface area (Å²) in [6.07, 6.45) is 10.0. The monoisotopic (exact) mass is 375 g/mol. The Hall–Kier alpha value is -2.81. The van der Waals surface area contributed by atoms with E-state index in [-0.39, 0.29) is 11.3 Å². The van der Waals surface area contributed by atoms with Gasteiger partial charge in [-0.05, 0) is 80.0 Å². The van der Waals surface area contributed by atoms with Gasteiger partial charge < -0.3 is 9.73 Å². The van der Waals surface area contributed by atoms with Gasteiger partial charge in [-0.15, -0.1) is 0 Å². The van der Waals surface area contributed by atoms with Crippen molar-refractivity contribution >= 4 is 17.7 Å². The number of rotatable bonds is 5. The van der Waals surface area contributed by atoms with Crippen LogP contribution in [0.5, 0.6) is 0 Å². The van der Waals surface area contributed by atoms with Gasteiger partial charge in [0.25, 0.3) is 5.91 Å². The number of benzene rings is 1. The zero-order valence-electron chi connectivity index (χ0n) is 17.2. The van der Waals surface area contributed by atoms with E-state index in [1.165, 1.54) is 30.4 Å². The predicted molar refractivity (Wildman–Crippen MR) is 116 cm³/mol. The molecule has 28 heavy (non-hydrogen) atoms. The summed E-state index contributed by atoms with van der Waals surface area (Å²) >= 11 is 0. The zero-order valence-corrected chi connectivity index (χ0v) is 17.2. The maximum absolute atomic E-state index is 12.3. The third kappa shape index (κ3) is 4.92. The van der Waals surface area contributed by atoms with Crippen molar-refractivity contribution in [3.8, 4) is 0 Å². The first-order valence-corrected chi connectivity index (χ1v) is 9.88. The van der Waals surface area contributed by atoms with Crippen LogP contribution in [-0.4, -0.2) is 5.91 Å². The first-order chi connectivity index (χ1) is 13.3. The first-order valence-electron chi connectivity index (χ1n) is 9.88. The number of carbonyl (C=O) groups excluding carboxylic acids is 1. The molecule has 1 amide bonds. The molecule has 0 spiro atoms. The molecule has 1 aromatic carbocycles. The molecule has 0 bridgehead atoms. The number of allylic oxidation sites excluding steroid dienone is 5. The molecule has 1 aromatic heterocycles. The minimum atomic E-state index is -0.246. The molecule has 0 saturated carbocycles. The molecule has 146 valence electrons. The molecule has 0 unspecified atom stereocenters. The number of nitrogens with one attached hydrogen (secondary N) is 1. The third-order valence-electron chi connectivity index (χ3n) is 5.31. The molecule has 3 nitrogen and oxygen atoms in total. The van der Waals surface area contributed by atoms with Crippen LogP contribution in [-0.2, 0) is 0 Å². The van der Waals surface area contributed by atoms with Gasteiger partial charge in [-0.2, -0.15) is 0 Å². The lowest BCUT2D eigenvalue weighted by Gasteiger charge is -2.32. The molecule has 1 N–H and O–H groups in total. The summed E-state index contributed by atoms with van der Waals surface area (Å²) in [4.78, 5) is 12.3. The summed E-state index contributed by atoms with van der Waals surface area (Å²) in [5, 5.41) is 2.83. The van der Waals surface area contributed by atoms with Crippen LogP contribution >= 0.6 is 0 Å². The highest BCUT2D eigenvalue weighted by Crippen LogP contribution is 2.40. The molecule has 1 heterocycles. The molecule has 0 aliphatic heterocycles. The number of para-hydroxylation sites is 1. The highest BCUT2D eigenvalue weighted by Gasteiger charge is 2.26. The molecule has 0 atom stereocenters. The van der Waals surface area contributed by atoms with Crippen molar-refractivity contribution in [3.05, 3.63) is 82.9 Å². The molecular formula is C25H29NO2. The second kappa shape index (κ2) is 8.47.